The summed E-state index contributed by atoms with van der Waals surface area (Å²) in [4.78, 5) is 29.2. The average Bonchev–Trinajstić information content (AvgIpc) is 2.74. The van der Waals surface area contributed by atoms with Gasteiger partial charge in [-0.3, -0.25) is 9.59 Å². The van der Waals surface area contributed by atoms with Gasteiger partial charge in [0.1, 0.15) is 6.04 Å². The number of carbonyl (C=O) groups is 2. The van der Waals surface area contributed by atoms with Gasteiger partial charge in [-0.05, 0) is 51.3 Å². The molecule has 2 aromatic rings. The number of hydrogen-bond acceptors (Lipinski definition) is 3. The minimum atomic E-state index is -0.466. The Morgan fingerprint density at radius 3 is 2.32 bits per heavy atom. The van der Waals surface area contributed by atoms with Crippen molar-refractivity contribution in [1.82, 2.24) is 10.2 Å². The number of hydrogen-bond donors (Lipinski definition) is 1. The van der Waals surface area contributed by atoms with Gasteiger partial charge in [-0.1, -0.05) is 61.4 Å². The van der Waals surface area contributed by atoms with Crippen LogP contribution in [-0.4, -0.2) is 34.6 Å². The zero-order valence-corrected chi connectivity index (χ0v) is 20.3. The highest BCUT2D eigenvalue weighted by Gasteiger charge is 2.29. The van der Waals surface area contributed by atoms with Crippen molar-refractivity contribution >= 4 is 23.6 Å². The molecule has 0 saturated carbocycles. The van der Waals surface area contributed by atoms with Crippen LogP contribution in [0, 0.1) is 13.8 Å². The van der Waals surface area contributed by atoms with Crippen LogP contribution in [0.5, 0.6) is 0 Å². The molecule has 2 amide bonds. The lowest BCUT2D eigenvalue weighted by Crippen LogP contribution is -2.50. The van der Waals surface area contributed by atoms with Gasteiger partial charge in [-0.25, -0.2) is 0 Å². The minimum Gasteiger partial charge on any atom is -0.352 e. The molecule has 4 nitrogen and oxygen atoms in total. The molecule has 0 fully saturated rings. The molecule has 0 saturated heterocycles. The Kier molecular flexibility index (Phi) is 10.1. The number of amides is 2. The van der Waals surface area contributed by atoms with Gasteiger partial charge in [0.2, 0.25) is 11.8 Å². The van der Waals surface area contributed by atoms with E-state index in [9.17, 15) is 9.59 Å². The maximum atomic E-state index is 13.3. The minimum absolute atomic E-state index is 0.0206. The van der Waals surface area contributed by atoms with Gasteiger partial charge >= 0.3 is 0 Å². The predicted molar refractivity (Wildman–Crippen MR) is 130 cm³/mol. The highest BCUT2D eigenvalue weighted by Crippen LogP contribution is 2.21. The van der Waals surface area contributed by atoms with Gasteiger partial charge in [0.05, 0.1) is 0 Å². The van der Waals surface area contributed by atoms with E-state index in [0.29, 0.717) is 25.1 Å². The van der Waals surface area contributed by atoms with Gasteiger partial charge in [-0.15, -0.1) is 11.8 Å². The fraction of sp³-hybridized carbons (Fsp3) is 0.462. The molecule has 0 spiro atoms. The largest absolute Gasteiger partial charge is 0.352 e. The molecule has 168 valence electrons. The summed E-state index contributed by atoms with van der Waals surface area (Å²) in [5.74, 6) is 0.645. The van der Waals surface area contributed by atoms with Crippen molar-refractivity contribution in [3.8, 4) is 0 Å². The van der Waals surface area contributed by atoms with Crippen molar-refractivity contribution in [2.75, 3.05) is 5.75 Å². The lowest BCUT2D eigenvalue weighted by molar-refractivity contribution is -0.141. The van der Waals surface area contributed by atoms with Crippen LogP contribution < -0.4 is 5.32 Å². The molecule has 0 aliphatic rings. The van der Waals surface area contributed by atoms with E-state index < -0.39 is 6.04 Å². The Bertz CT molecular complexity index is 851. The van der Waals surface area contributed by atoms with Gasteiger partial charge in [0.25, 0.3) is 0 Å². The lowest BCUT2D eigenvalue weighted by Gasteiger charge is -2.31. The predicted octanol–water partition coefficient (Wildman–Crippen LogP) is 5.51. The molecule has 0 aliphatic carbocycles. The van der Waals surface area contributed by atoms with Crippen molar-refractivity contribution < 1.29 is 9.59 Å². The molecular weight excluding hydrogens is 404 g/mol. The quantitative estimate of drug-likeness (QED) is 0.469. The van der Waals surface area contributed by atoms with Crippen molar-refractivity contribution in [3.63, 3.8) is 0 Å². The second-order valence-corrected chi connectivity index (χ2v) is 9.33. The SMILES string of the molecule is CCC(C)NC(=O)C(CC)N(Cc1cccc(C)c1)C(=O)CCSc1ccc(C)cc1. The van der Waals surface area contributed by atoms with E-state index in [0.717, 1.165) is 22.4 Å². The maximum absolute atomic E-state index is 13.3. The molecule has 0 radical (unpaired) electrons. The maximum Gasteiger partial charge on any atom is 0.243 e. The molecule has 0 heterocycles. The van der Waals surface area contributed by atoms with E-state index in [1.165, 1.54) is 5.56 Å². The topological polar surface area (TPSA) is 49.4 Å². The van der Waals surface area contributed by atoms with Crippen LogP contribution in [0.4, 0.5) is 0 Å². The number of nitrogens with zero attached hydrogens (tertiary/aromatic N) is 1. The summed E-state index contributed by atoms with van der Waals surface area (Å²) >= 11 is 1.68. The molecule has 31 heavy (non-hydrogen) atoms. The van der Waals surface area contributed by atoms with E-state index >= 15 is 0 Å². The van der Waals surface area contributed by atoms with Gasteiger partial charge in [-0.2, -0.15) is 0 Å². The highest BCUT2D eigenvalue weighted by molar-refractivity contribution is 7.99. The first-order valence-electron chi connectivity index (χ1n) is 11.2. The number of thioether (sulfide) groups is 1. The number of nitrogens with one attached hydrogen (secondary N) is 1. The summed E-state index contributed by atoms with van der Waals surface area (Å²) in [7, 11) is 0. The second kappa shape index (κ2) is 12.6. The number of benzene rings is 2. The third-order valence-corrected chi connectivity index (χ3v) is 6.44. The zero-order valence-electron chi connectivity index (χ0n) is 19.5. The van der Waals surface area contributed by atoms with Crippen molar-refractivity contribution in [3.05, 3.63) is 65.2 Å². The summed E-state index contributed by atoms with van der Waals surface area (Å²) < 4.78 is 0. The third kappa shape index (κ3) is 8.06. The summed E-state index contributed by atoms with van der Waals surface area (Å²) in [5, 5.41) is 3.06. The average molecular weight is 441 g/mol. The standard InChI is InChI=1S/C26H36N2O2S/c1-6-21(5)27-26(30)24(7-2)28(18-22-10-8-9-20(4)17-22)25(29)15-16-31-23-13-11-19(3)12-14-23/h8-14,17,21,24H,6-7,15-16,18H2,1-5H3,(H,27,30). The smallest absolute Gasteiger partial charge is 0.243 e. The highest BCUT2D eigenvalue weighted by atomic mass is 32.2. The Morgan fingerprint density at radius 2 is 1.71 bits per heavy atom. The normalized spacial score (nSPS) is 12.8. The molecule has 2 aromatic carbocycles. The van der Waals surface area contributed by atoms with Gasteiger partial charge in [0.15, 0.2) is 0 Å². The number of rotatable bonds is 11. The van der Waals surface area contributed by atoms with Crippen LogP contribution in [0.3, 0.4) is 0 Å². The summed E-state index contributed by atoms with van der Waals surface area (Å²) in [6, 6.07) is 16.1. The molecule has 0 bridgehead atoms. The molecule has 2 atom stereocenters. The second-order valence-electron chi connectivity index (χ2n) is 8.16. The first kappa shape index (κ1) is 25.0. The van der Waals surface area contributed by atoms with Gasteiger partial charge in [0, 0.05) is 29.7 Å². The molecule has 0 aliphatic heterocycles. The Hall–Kier alpha value is -2.27. The van der Waals surface area contributed by atoms with Crippen LogP contribution >= 0.6 is 11.8 Å². The lowest BCUT2D eigenvalue weighted by atomic mass is 10.1. The number of carbonyl (C=O) groups excluding carboxylic acids is 2. The van der Waals surface area contributed by atoms with Gasteiger partial charge < -0.3 is 10.2 Å². The van der Waals surface area contributed by atoms with E-state index in [-0.39, 0.29) is 17.9 Å². The first-order chi connectivity index (χ1) is 14.8. The van der Waals surface area contributed by atoms with Crippen LogP contribution in [0.2, 0.25) is 0 Å². The van der Waals surface area contributed by atoms with E-state index in [4.69, 9.17) is 0 Å². The fourth-order valence-electron chi connectivity index (χ4n) is 3.40. The monoisotopic (exact) mass is 440 g/mol. The molecular formula is C26H36N2O2S. The van der Waals surface area contributed by atoms with Crippen molar-refractivity contribution in [1.29, 1.82) is 0 Å². The van der Waals surface area contributed by atoms with Crippen molar-refractivity contribution in [2.45, 2.75) is 77.4 Å². The molecule has 1 N–H and O–H groups in total. The third-order valence-electron chi connectivity index (χ3n) is 5.43. The van der Waals surface area contributed by atoms with E-state index in [1.807, 2.05) is 45.9 Å². The first-order valence-corrected chi connectivity index (χ1v) is 12.2. The molecule has 2 rings (SSSR count). The Morgan fingerprint density at radius 1 is 1.00 bits per heavy atom. The zero-order chi connectivity index (χ0) is 22.8. The van der Waals surface area contributed by atoms with Crippen LogP contribution in [0.15, 0.2) is 53.4 Å². The number of aryl methyl sites for hydroxylation is 2. The fourth-order valence-corrected chi connectivity index (χ4v) is 4.24. The summed E-state index contributed by atoms with van der Waals surface area (Å²) in [6.45, 7) is 10.6. The molecule has 5 heteroatoms. The summed E-state index contributed by atoms with van der Waals surface area (Å²) in [5.41, 5.74) is 3.43. The molecule has 2 unspecified atom stereocenters. The van der Waals surface area contributed by atoms with Crippen LogP contribution in [0.1, 0.15) is 56.7 Å². The van der Waals surface area contributed by atoms with E-state index in [2.05, 4.69) is 42.6 Å². The van der Waals surface area contributed by atoms with E-state index in [1.54, 1.807) is 16.7 Å². The summed E-state index contributed by atoms with van der Waals surface area (Å²) in [6.07, 6.45) is 1.85. The Labute approximate surface area is 191 Å². The Balaban J connectivity index is 2.13. The van der Waals surface area contributed by atoms with Crippen LogP contribution in [0.25, 0.3) is 0 Å². The van der Waals surface area contributed by atoms with Crippen molar-refractivity contribution in [2.24, 2.45) is 0 Å². The van der Waals surface area contributed by atoms with Crippen LogP contribution in [-0.2, 0) is 16.1 Å². The molecule has 0 aromatic heterocycles.